The van der Waals surface area contributed by atoms with E-state index < -0.39 is 5.82 Å². The number of nitrogens with two attached hydrogens (primary N) is 1. The molecule has 0 atom stereocenters. The summed E-state index contributed by atoms with van der Waals surface area (Å²) in [7, 11) is 1.49. The summed E-state index contributed by atoms with van der Waals surface area (Å²) in [6.45, 7) is 0.463. The summed E-state index contributed by atoms with van der Waals surface area (Å²) in [6.07, 6.45) is 0. The van der Waals surface area contributed by atoms with Gasteiger partial charge in [0.2, 0.25) is 0 Å². The van der Waals surface area contributed by atoms with Crippen LogP contribution in [0, 0.1) is 17.1 Å². The van der Waals surface area contributed by atoms with Gasteiger partial charge in [0.25, 0.3) is 0 Å². The molecule has 21 heavy (non-hydrogen) atoms. The first-order valence-corrected chi connectivity index (χ1v) is 6.36. The smallest absolute Gasteiger partial charge is 0.165 e. The summed E-state index contributed by atoms with van der Waals surface area (Å²) in [5, 5.41) is 8.91. The predicted octanol–water partition coefficient (Wildman–Crippen LogP) is 2.74. The fourth-order valence-electron chi connectivity index (χ4n) is 1.87. The average Bonchev–Trinajstić information content (AvgIpc) is 2.53. The molecule has 2 aromatic rings. The maximum Gasteiger partial charge on any atom is 0.165 e. The fraction of sp³-hybridized carbons (Fsp3) is 0.188. The summed E-state index contributed by atoms with van der Waals surface area (Å²) in [5.41, 5.74) is 7.38. The Kier molecular flexibility index (Phi) is 4.75. The van der Waals surface area contributed by atoms with Crippen molar-refractivity contribution in [1.82, 2.24) is 0 Å². The lowest BCUT2D eigenvalue weighted by atomic mass is 10.1. The molecular formula is C16H15FN2O2. The standard InChI is InChI=1S/C16H15FN2O2/c1-20-16-7-12(2-4-13(16)9-19)10-21-15-5-3-11(8-18)6-14(15)17/h2-7H,8,10,18H2,1H3. The molecule has 0 saturated carbocycles. The van der Waals surface area contributed by atoms with Gasteiger partial charge >= 0.3 is 0 Å². The number of methoxy groups -OCH3 is 1. The van der Waals surface area contributed by atoms with Crippen LogP contribution in [0.5, 0.6) is 11.5 Å². The number of nitriles is 1. The molecule has 0 aliphatic carbocycles. The Balaban J connectivity index is 2.11. The monoisotopic (exact) mass is 286 g/mol. The second-order valence-corrected chi connectivity index (χ2v) is 4.40. The number of hydrogen-bond donors (Lipinski definition) is 1. The van der Waals surface area contributed by atoms with Crippen molar-refractivity contribution in [3.8, 4) is 17.6 Å². The molecule has 0 aromatic heterocycles. The normalized spacial score (nSPS) is 10.0. The molecule has 0 bridgehead atoms. The van der Waals surface area contributed by atoms with Crippen molar-refractivity contribution < 1.29 is 13.9 Å². The van der Waals surface area contributed by atoms with Crippen LogP contribution in [0.15, 0.2) is 36.4 Å². The van der Waals surface area contributed by atoms with Crippen LogP contribution in [0.1, 0.15) is 16.7 Å². The second-order valence-electron chi connectivity index (χ2n) is 4.40. The van der Waals surface area contributed by atoms with E-state index in [0.29, 0.717) is 16.9 Å². The quantitative estimate of drug-likeness (QED) is 0.917. The van der Waals surface area contributed by atoms with Crippen LogP contribution in [0.3, 0.4) is 0 Å². The third-order valence-electron chi connectivity index (χ3n) is 3.01. The van der Waals surface area contributed by atoms with Gasteiger partial charge in [-0.2, -0.15) is 5.26 Å². The van der Waals surface area contributed by atoms with E-state index in [1.165, 1.54) is 13.2 Å². The van der Waals surface area contributed by atoms with Crippen molar-refractivity contribution >= 4 is 0 Å². The largest absolute Gasteiger partial charge is 0.495 e. The highest BCUT2D eigenvalue weighted by atomic mass is 19.1. The Morgan fingerprint density at radius 1 is 1.14 bits per heavy atom. The van der Waals surface area contributed by atoms with Gasteiger partial charge in [-0.05, 0) is 35.4 Å². The van der Waals surface area contributed by atoms with Crippen molar-refractivity contribution in [2.24, 2.45) is 5.73 Å². The SMILES string of the molecule is COc1cc(COc2ccc(CN)cc2F)ccc1C#N. The van der Waals surface area contributed by atoms with Crippen LogP contribution in [-0.2, 0) is 13.2 Å². The third kappa shape index (κ3) is 3.50. The number of rotatable bonds is 5. The molecule has 0 heterocycles. The number of ether oxygens (including phenoxy) is 2. The summed E-state index contributed by atoms with van der Waals surface area (Å²) in [5.74, 6) is 0.187. The summed E-state index contributed by atoms with van der Waals surface area (Å²) in [6, 6.07) is 11.7. The van der Waals surface area contributed by atoms with Gasteiger partial charge in [0.15, 0.2) is 11.6 Å². The van der Waals surface area contributed by atoms with Crippen molar-refractivity contribution in [3.05, 3.63) is 58.9 Å². The summed E-state index contributed by atoms with van der Waals surface area (Å²) in [4.78, 5) is 0. The molecule has 4 nitrogen and oxygen atoms in total. The molecule has 0 unspecified atom stereocenters. The van der Waals surface area contributed by atoms with Crippen LogP contribution < -0.4 is 15.2 Å². The molecular weight excluding hydrogens is 271 g/mol. The Morgan fingerprint density at radius 3 is 2.52 bits per heavy atom. The molecule has 0 spiro atoms. The van der Waals surface area contributed by atoms with Gasteiger partial charge in [0, 0.05) is 6.54 Å². The Hall–Kier alpha value is -2.58. The van der Waals surface area contributed by atoms with E-state index in [2.05, 4.69) is 0 Å². The first-order chi connectivity index (χ1) is 10.2. The number of hydrogen-bond acceptors (Lipinski definition) is 4. The number of benzene rings is 2. The first kappa shape index (κ1) is 14.8. The molecule has 0 radical (unpaired) electrons. The van der Waals surface area contributed by atoms with Crippen molar-refractivity contribution in [2.45, 2.75) is 13.2 Å². The molecule has 0 saturated heterocycles. The van der Waals surface area contributed by atoms with Gasteiger partial charge in [0.05, 0.1) is 12.7 Å². The molecule has 0 amide bonds. The zero-order valence-electron chi connectivity index (χ0n) is 11.6. The van der Waals surface area contributed by atoms with Gasteiger partial charge in [-0.1, -0.05) is 12.1 Å². The van der Waals surface area contributed by atoms with Crippen LogP contribution in [0.2, 0.25) is 0 Å². The zero-order chi connectivity index (χ0) is 15.2. The van der Waals surface area contributed by atoms with Gasteiger partial charge < -0.3 is 15.2 Å². The molecule has 0 fully saturated rings. The Labute approximate surface area is 122 Å². The minimum Gasteiger partial charge on any atom is -0.495 e. The van der Waals surface area contributed by atoms with E-state index >= 15 is 0 Å². The zero-order valence-corrected chi connectivity index (χ0v) is 11.6. The van der Waals surface area contributed by atoms with Crippen LogP contribution in [0.4, 0.5) is 4.39 Å². The van der Waals surface area contributed by atoms with E-state index in [4.69, 9.17) is 20.5 Å². The molecule has 0 aliphatic rings. The van der Waals surface area contributed by atoms with Gasteiger partial charge in [-0.25, -0.2) is 4.39 Å². The minimum atomic E-state index is -0.446. The summed E-state index contributed by atoms with van der Waals surface area (Å²) >= 11 is 0. The molecule has 2 rings (SSSR count). The van der Waals surface area contributed by atoms with Gasteiger partial charge in [-0.15, -0.1) is 0 Å². The van der Waals surface area contributed by atoms with E-state index in [1.807, 2.05) is 6.07 Å². The fourth-order valence-corrected chi connectivity index (χ4v) is 1.87. The Bertz CT molecular complexity index is 680. The molecule has 5 heteroatoms. The molecule has 108 valence electrons. The maximum atomic E-state index is 13.8. The molecule has 2 N–H and O–H groups in total. The lowest BCUT2D eigenvalue weighted by Gasteiger charge is -2.10. The lowest BCUT2D eigenvalue weighted by Crippen LogP contribution is -2.01. The highest BCUT2D eigenvalue weighted by Crippen LogP contribution is 2.22. The number of halogens is 1. The highest BCUT2D eigenvalue weighted by Gasteiger charge is 2.07. The van der Waals surface area contributed by atoms with Gasteiger partial charge in [0.1, 0.15) is 18.4 Å². The highest BCUT2D eigenvalue weighted by molar-refractivity contribution is 5.45. The van der Waals surface area contributed by atoms with E-state index in [0.717, 1.165) is 5.56 Å². The maximum absolute atomic E-state index is 13.8. The lowest BCUT2D eigenvalue weighted by molar-refractivity contribution is 0.289. The summed E-state index contributed by atoms with van der Waals surface area (Å²) < 4.78 is 24.3. The first-order valence-electron chi connectivity index (χ1n) is 6.36. The van der Waals surface area contributed by atoms with Gasteiger partial charge in [-0.3, -0.25) is 0 Å². The van der Waals surface area contributed by atoms with Crippen LogP contribution in [-0.4, -0.2) is 7.11 Å². The predicted molar refractivity (Wildman–Crippen MR) is 76.3 cm³/mol. The average molecular weight is 286 g/mol. The molecule has 2 aromatic carbocycles. The van der Waals surface area contributed by atoms with E-state index in [9.17, 15) is 4.39 Å². The second kappa shape index (κ2) is 6.73. The van der Waals surface area contributed by atoms with Crippen molar-refractivity contribution in [3.63, 3.8) is 0 Å². The van der Waals surface area contributed by atoms with Crippen LogP contribution >= 0.6 is 0 Å². The molecule has 0 aliphatic heterocycles. The van der Waals surface area contributed by atoms with E-state index in [1.54, 1.807) is 30.3 Å². The topological polar surface area (TPSA) is 68.3 Å². The van der Waals surface area contributed by atoms with Crippen molar-refractivity contribution in [1.29, 1.82) is 5.26 Å². The third-order valence-corrected chi connectivity index (χ3v) is 3.01. The van der Waals surface area contributed by atoms with E-state index in [-0.39, 0.29) is 18.9 Å². The van der Waals surface area contributed by atoms with Crippen LogP contribution in [0.25, 0.3) is 0 Å². The number of nitrogens with zero attached hydrogens (tertiary/aromatic N) is 1. The Morgan fingerprint density at radius 2 is 1.90 bits per heavy atom. The van der Waals surface area contributed by atoms with Crippen molar-refractivity contribution in [2.75, 3.05) is 7.11 Å². The minimum absolute atomic E-state index is 0.163.